The Labute approximate surface area is 180 Å². The molecule has 0 unspecified atom stereocenters. The lowest BCUT2D eigenvalue weighted by molar-refractivity contribution is 0.738. The molecular weight excluding hydrogens is 364 g/mol. The zero-order valence-electron chi connectivity index (χ0n) is 18.0. The second kappa shape index (κ2) is 9.23. The molecule has 0 saturated carbocycles. The van der Waals surface area contributed by atoms with E-state index in [9.17, 15) is 0 Å². The molecule has 2 heteroatoms. The summed E-state index contributed by atoms with van der Waals surface area (Å²) in [6.07, 6.45) is 6.17. The monoisotopic (exact) mass is 394 g/mol. The van der Waals surface area contributed by atoms with Crippen molar-refractivity contribution >= 4 is 11.1 Å². The lowest BCUT2D eigenvalue weighted by atomic mass is 9.82. The molecule has 0 spiro atoms. The van der Waals surface area contributed by atoms with Crippen LogP contribution in [0, 0.1) is 13.8 Å². The topological polar surface area (TPSA) is 24.9 Å². The third-order valence-electron chi connectivity index (χ3n) is 6.07. The fourth-order valence-electron chi connectivity index (χ4n) is 4.33. The lowest BCUT2D eigenvalue weighted by Gasteiger charge is -2.22. The highest BCUT2D eigenvalue weighted by Gasteiger charge is 2.18. The summed E-state index contributed by atoms with van der Waals surface area (Å²) in [6.45, 7) is 10.7. The van der Waals surface area contributed by atoms with Gasteiger partial charge in [-0.2, -0.15) is 0 Å². The van der Waals surface area contributed by atoms with E-state index in [2.05, 4.69) is 90.5 Å². The first-order valence-corrected chi connectivity index (χ1v) is 10.8. The lowest BCUT2D eigenvalue weighted by Crippen LogP contribution is -2.20. The minimum Gasteiger partial charge on any atom is -0.313 e. The van der Waals surface area contributed by atoms with Crippen LogP contribution in [0.15, 0.2) is 79.5 Å². The van der Waals surface area contributed by atoms with Gasteiger partial charge in [0.05, 0.1) is 0 Å². The Morgan fingerprint density at radius 3 is 2.57 bits per heavy atom. The van der Waals surface area contributed by atoms with Crippen LogP contribution in [-0.4, -0.2) is 18.1 Å². The van der Waals surface area contributed by atoms with E-state index in [4.69, 9.17) is 0 Å². The number of rotatable bonds is 6. The van der Waals surface area contributed by atoms with Gasteiger partial charge in [-0.25, -0.2) is 0 Å². The normalized spacial score (nSPS) is 14.8. The molecule has 1 N–H and O–H groups in total. The van der Waals surface area contributed by atoms with Crippen LogP contribution >= 0.6 is 0 Å². The summed E-state index contributed by atoms with van der Waals surface area (Å²) in [4.78, 5) is 4.34. The standard InChI is InChI=1S/C28H30N2/c1-20-6-4-5-7-27(20)28(18-21(2)26-14-17-30-22(3)19-26)25-10-8-23(9-11-25)24-12-15-29-16-13-24/h4-12,14,17,19,28-29H,2,13,15-16,18H2,1,3H3/t28-/m1/s1. The highest BCUT2D eigenvalue weighted by Crippen LogP contribution is 2.36. The Morgan fingerprint density at radius 2 is 1.87 bits per heavy atom. The molecule has 3 aromatic rings. The van der Waals surface area contributed by atoms with Gasteiger partial charge in [-0.15, -0.1) is 0 Å². The van der Waals surface area contributed by atoms with Crippen LogP contribution in [0.5, 0.6) is 0 Å². The second-order valence-corrected chi connectivity index (χ2v) is 8.21. The van der Waals surface area contributed by atoms with Gasteiger partial charge in [0.15, 0.2) is 0 Å². The van der Waals surface area contributed by atoms with Gasteiger partial charge in [-0.3, -0.25) is 4.98 Å². The molecule has 1 aliphatic rings. The van der Waals surface area contributed by atoms with Crippen molar-refractivity contribution < 1.29 is 0 Å². The van der Waals surface area contributed by atoms with Crippen LogP contribution in [-0.2, 0) is 0 Å². The first kappa shape index (κ1) is 20.3. The number of hydrogen-bond acceptors (Lipinski definition) is 2. The van der Waals surface area contributed by atoms with E-state index in [1.165, 1.54) is 33.4 Å². The van der Waals surface area contributed by atoms with E-state index >= 15 is 0 Å². The summed E-state index contributed by atoms with van der Waals surface area (Å²) in [6, 6.07) is 22.1. The SMILES string of the molecule is C=C(C[C@H](c1ccc(C2=CCNCC2)cc1)c1ccccc1C)c1ccnc(C)c1. The Bertz CT molecular complexity index is 1060. The fourth-order valence-corrected chi connectivity index (χ4v) is 4.33. The largest absolute Gasteiger partial charge is 0.313 e. The average molecular weight is 395 g/mol. The number of nitrogens with zero attached hydrogens (tertiary/aromatic N) is 1. The van der Waals surface area contributed by atoms with E-state index in [0.29, 0.717) is 0 Å². The summed E-state index contributed by atoms with van der Waals surface area (Å²) in [5.41, 5.74) is 10.2. The maximum absolute atomic E-state index is 4.43. The van der Waals surface area contributed by atoms with Gasteiger partial charge in [0.2, 0.25) is 0 Å². The van der Waals surface area contributed by atoms with Crippen molar-refractivity contribution in [3.05, 3.63) is 113 Å². The Kier molecular flexibility index (Phi) is 6.25. The van der Waals surface area contributed by atoms with Gasteiger partial charge >= 0.3 is 0 Å². The zero-order valence-corrected chi connectivity index (χ0v) is 18.0. The first-order chi connectivity index (χ1) is 14.6. The molecule has 2 aromatic carbocycles. The zero-order chi connectivity index (χ0) is 20.9. The van der Waals surface area contributed by atoms with Gasteiger partial charge in [0, 0.05) is 24.4 Å². The van der Waals surface area contributed by atoms with Crippen molar-refractivity contribution in [2.45, 2.75) is 32.6 Å². The van der Waals surface area contributed by atoms with E-state index in [-0.39, 0.29) is 5.92 Å². The number of allylic oxidation sites excluding steroid dienone is 1. The first-order valence-electron chi connectivity index (χ1n) is 10.8. The molecule has 4 rings (SSSR count). The average Bonchev–Trinajstić information content (AvgIpc) is 2.79. The molecule has 1 atom stereocenters. The van der Waals surface area contributed by atoms with Crippen molar-refractivity contribution in [1.82, 2.24) is 10.3 Å². The van der Waals surface area contributed by atoms with Crippen molar-refractivity contribution in [1.29, 1.82) is 0 Å². The number of benzene rings is 2. The smallest absolute Gasteiger partial charge is 0.0378 e. The van der Waals surface area contributed by atoms with Crippen molar-refractivity contribution in [2.75, 3.05) is 13.1 Å². The van der Waals surface area contributed by atoms with Crippen LogP contribution in [0.3, 0.4) is 0 Å². The highest BCUT2D eigenvalue weighted by molar-refractivity contribution is 5.68. The molecule has 0 saturated heterocycles. The summed E-state index contributed by atoms with van der Waals surface area (Å²) < 4.78 is 0. The number of nitrogens with one attached hydrogen (secondary N) is 1. The molecule has 2 heterocycles. The van der Waals surface area contributed by atoms with Crippen LogP contribution in [0.2, 0.25) is 0 Å². The van der Waals surface area contributed by atoms with Gasteiger partial charge < -0.3 is 5.32 Å². The van der Waals surface area contributed by atoms with Crippen molar-refractivity contribution in [3.63, 3.8) is 0 Å². The van der Waals surface area contributed by atoms with Gasteiger partial charge in [-0.1, -0.05) is 61.2 Å². The minimum absolute atomic E-state index is 0.281. The highest BCUT2D eigenvalue weighted by atomic mass is 14.8. The maximum Gasteiger partial charge on any atom is 0.0378 e. The summed E-state index contributed by atoms with van der Waals surface area (Å²) >= 11 is 0. The van der Waals surface area contributed by atoms with Crippen LogP contribution in [0.4, 0.5) is 0 Å². The number of aryl methyl sites for hydroxylation is 2. The van der Waals surface area contributed by atoms with Gasteiger partial charge in [-0.05, 0) is 84.3 Å². The van der Waals surface area contributed by atoms with Crippen molar-refractivity contribution in [3.8, 4) is 0 Å². The summed E-state index contributed by atoms with van der Waals surface area (Å²) in [5, 5.41) is 3.39. The molecule has 0 aliphatic carbocycles. The minimum atomic E-state index is 0.281. The third-order valence-corrected chi connectivity index (χ3v) is 6.07. The summed E-state index contributed by atoms with van der Waals surface area (Å²) in [7, 11) is 0. The molecule has 0 radical (unpaired) electrons. The molecule has 1 aliphatic heterocycles. The maximum atomic E-state index is 4.43. The molecule has 0 fully saturated rings. The van der Waals surface area contributed by atoms with Crippen LogP contribution in [0.1, 0.15) is 52.3 Å². The van der Waals surface area contributed by atoms with E-state index < -0.39 is 0 Å². The summed E-state index contributed by atoms with van der Waals surface area (Å²) in [5.74, 6) is 0.281. The van der Waals surface area contributed by atoms with E-state index in [1.807, 2.05) is 13.1 Å². The fraction of sp³-hybridized carbons (Fsp3) is 0.250. The van der Waals surface area contributed by atoms with Crippen molar-refractivity contribution in [2.24, 2.45) is 0 Å². The molecule has 0 amide bonds. The molecule has 0 bridgehead atoms. The number of aromatic nitrogens is 1. The van der Waals surface area contributed by atoms with E-state index in [0.717, 1.165) is 37.2 Å². The molecular formula is C28H30N2. The van der Waals surface area contributed by atoms with Gasteiger partial charge in [0.1, 0.15) is 0 Å². The number of hydrogen-bond donors (Lipinski definition) is 1. The molecule has 2 nitrogen and oxygen atoms in total. The van der Waals surface area contributed by atoms with E-state index in [1.54, 1.807) is 0 Å². The molecule has 152 valence electrons. The van der Waals surface area contributed by atoms with Crippen LogP contribution < -0.4 is 5.32 Å². The quantitative estimate of drug-likeness (QED) is 0.530. The third kappa shape index (κ3) is 4.60. The van der Waals surface area contributed by atoms with Gasteiger partial charge in [0.25, 0.3) is 0 Å². The molecule has 1 aromatic heterocycles. The predicted octanol–water partition coefficient (Wildman–Crippen LogP) is 6.31. The Hall–Kier alpha value is -2.97. The Balaban J connectivity index is 1.66. The molecule has 30 heavy (non-hydrogen) atoms. The Morgan fingerprint density at radius 1 is 1.07 bits per heavy atom. The number of pyridine rings is 1. The second-order valence-electron chi connectivity index (χ2n) is 8.21. The predicted molar refractivity (Wildman–Crippen MR) is 128 cm³/mol. The van der Waals surface area contributed by atoms with Crippen LogP contribution in [0.25, 0.3) is 11.1 Å².